The maximum absolute atomic E-state index is 12.5. The second-order valence-electron chi connectivity index (χ2n) is 8.03. The summed E-state index contributed by atoms with van der Waals surface area (Å²) in [7, 11) is 0. The number of rotatable bonds is 9. The first-order chi connectivity index (χ1) is 12.8. The highest BCUT2D eigenvalue weighted by Crippen LogP contribution is 2.24. The largest absolute Gasteiger partial charge is 0.348 e. The molecule has 0 radical (unpaired) electrons. The molecule has 2 rings (SSSR count). The summed E-state index contributed by atoms with van der Waals surface area (Å²) >= 11 is 1.43. The zero-order valence-corrected chi connectivity index (χ0v) is 18.1. The van der Waals surface area contributed by atoms with Gasteiger partial charge in [-0.05, 0) is 43.2 Å². The molecule has 0 aliphatic rings. The lowest BCUT2D eigenvalue weighted by atomic mass is 9.94. The van der Waals surface area contributed by atoms with Gasteiger partial charge in [0.25, 0.3) is 0 Å². The molecule has 1 aromatic carbocycles. The van der Waals surface area contributed by atoms with Crippen molar-refractivity contribution in [3.63, 3.8) is 0 Å². The number of nitrogens with zero attached hydrogens (tertiary/aromatic N) is 3. The quantitative estimate of drug-likeness (QED) is 0.635. The van der Waals surface area contributed by atoms with Gasteiger partial charge in [-0.3, -0.25) is 4.79 Å². The number of nitrogens with one attached hydrogen (secondary N) is 1. The zero-order chi connectivity index (χ0) is 20.0. The van der Waals surface area contributed by atoms with E-state index in [4.69, 9.17) is 0 Å². The third-order valence-electron chi connectivity index (χ3n) is 4.39. The van der Waals surface area contributed by atoms with Crippen LogP contribution < -0.4 is 5.32 Å². The van der Waals surface area contributed by atoms with E-state index < -0.39 is 0 Å². The summed E-state index contributed by atoms with van der Waals surface area (Å²) in [5.41, 5.74) is 2.49. The average molecular weight is 389 g/mol. The van der Waals surface area contributed by atoms with Gasteiger partial charge in [-0.1, -0.05) is 63.7 Å². The average Bonchev–Trinajstić information content (AvgIpc) is 3.07. The van der Waals surface area contributed by atoms with Crippen LogP contribution in [0.1, 0.15) is 64.8 Å². The zero-order valence-electron chi connectivity index (χ0n) is 17.3. The van der Waals surface area contributed by atoms with Crippen molar-refractivity contribution in [2.75, 3.05) is 5.75 Å². The van der Waals surface area contributed by atoms with Gasteiger partial charge in [-0.2, -0.15) is 0 Å². The molecule has 1 aromatic heterocycles. The molecular weight excluding hydrogens is 356 g/mol. The molecule has 0 fully saturated rings. The van der Waals surface area contributed by atoms with Gasteiger partial charge in [-0.25, -0.2) is 0 Å². The van der Waals surface area contributed by atoms with Crippen molar-refractivity contribution in [1.29, 1.82) is 0 Å². The summed E-state index contributed by atoms with van der Waals surface area (Å²) < 4.78 is 1.98. The van der Waals surface area contributed by atoms with Gasteiger partial charge in [0, 0.05) is 6.04 Å². The summed E-state index contributed by atoms with van der Waals surface area (Å²) in [6.07, 6.45) is 2.78. The van der Waals surface area contributed by atoms with Gasteiger partial charge < -0.3 is 9.88 Å². The lowest BCUT2D eigenvalue weighted by molar-refractivity contribution is -0.119. The lowest BCUT2D eigenvalue weighted by Crippen LogP contribution is -2.33. The van der Waals surface area contributed by atoms with Crippen molar-refractivity contribution in [2.24, 2.45) is 11.8 Å². The molecule has 1 amide bonds. The fraction of sp³-hybridized carbons (Fsp3) is 0.571. The smallest absolute Gasteiger partial charge is 0.230 e. The van der Waals surface area contributed by atoms with E-state index in [2.05, 4.69) is 81.3 Å². The van der Waals surface area contributed by atoms with Crippen LogP contribution >= 0.6 is 11.8 Å². The minimum absolute atomic E-state index is 0.00849. The molecule has 1 heterocycles. The Kier molecular flexibility index (Phi) is 7.90. The fourth-order valence-electron chi connectivity index (χ4n) is 3.00. The van der Waals surface area contributed by atoms with Gasteiger partial charge in [-0.15, -0.1) is 10.2 Å². The van der Waals surface area contributed by atoms with E-state index in [0.717, 1.165) is 17.1 Å². The van der Waals surface area contributed by atoms with Crippen LogP contribution in [0.3, 0.4) is 0 Å². The van der Waals surface area contributed by atoms with Crippen LogP contribution in [0.15, 0.2) is 35.7 Å². The Bertz CT molecular complexity index is 722. The number of aromatic nitrogens is 3. The van der Waals surface area contributed by atoms with Crippen LogP contribution in [0.25, 0.3) is 0 Å². The van der Waals surface area contributed by atoms with Crippen molar-refractivity contribution >= 4 is 17.7 Å². The molecule has 0 spiro atoms. The number of hydrogen-bond donors (Lipinski definition) is 1. The molecular formula is C21H32N4OS. The molecule has 2 aromatic rings. The molecule has 27 heavy (non-hydrogen) atoms. The molecule has 0 bridgehead atoms. The van der Waals surface area contributed by atoms with Crippen molar-refractivity contribution < 1.29 is 4.79 Å². The van der Waals surface area contributed by atoms with Crippen molar-refractivity contribution in [2.45, 2.75) is 65.2 Å². The van der Waals surface area contributed by atoms with Gasteiger partial charge in [0.15, 0.2) is 5.16 Å². The Morgan fingerprint density at radius 3 is 2.33 bits per heavy atom. The van der Waals surface area contributed by atoms with Crippen molar-refractivity contribution in [1.82, 2.24) is 20.1 Å². The second kappa shape index (κ2) is 9.93. The van der Waals surface area contributed by atoms with E-state index in [1.54, 1.807) is 6.33 Å². The third-order valence-corrected chi connectivity index (χ3v) is 5.35. The highest BCUT2D eigenvalue weighted by molar-refractivity contribution is 7.99. The second-order valence-corrected chi connectivity index (χ2v) is 8.97. The first-order valence-corrected chi connectivity index (χ1v) is 10.7. The third kappa shape index (κ3) is 6.38. The molecule has 1 unspecified atom stereocenters. The highest BCUT2D eigenvalue weighted by Gasteiger charge is 2.19. The highest BCUT2D eigenvalue weighted by atomic mass is 32.2. The van der Waals surface area contributed by atoms with E-state index >= 15 is 0 Å². The fourth-order valence-corrected chi connectivity index (χ4v) is 3.86. The van der Waals surface area contributed by atoms with Gasteiger partial charge in [0.2, 0.25) is 5.91 Å². The Morgan fingerprint density at radius 1 is 1.11 bits per heavy atom. The summed E-state index contributed by atoms with van der Waals surface area (Å²) in [5, 5.41) is 12.0. The Morgan fingerprint density at radius 2 is 1.78 bits per heavy atom. The number of carbonyl (C=O) groups is 1. The molecule has 6 heteroatoms. The minimum Gasteiger partial charge on any atom is -0.348 e. The van der Waals surface area contributed by atoms with Crippen LogP contribution in [0, 0.1) is 11.8 Å². The topological polar surface area (TPSA) is 59.8 Å². The van der Waals surface area contributed by atoms with Crippen LogP contribution in [-0.2, 0) is 11.2 Å². The van der Waals surface area contributed by atoms with Crippen LogP contribution in [-0.4, -0.2) is 26.4 Å². The number of carbonyl (C=O) groups excluding carboxylic acids is 1. The van der Waals surface area contributed by atoms with Crippen molar-refractivity contribution in [3.05, 3.63) is 41.7 Å². The van der Waals surface area contributed by atoms with E-state index in [0.29, 0.717) is 17.6 Å². The lowest BCUT2D eigenvalue weighted by Gasteiger charge is -2.23. The van der Waals surface area contributed by atoms with E-state index in [1.807, 2.05) is 4.57 Å². The maximum atomic E-state index is 12.5. The molecule has 1 atom stereocenters. The monoisotopic (exact) mass is 388 g/mol. The first kappa shape index (κ1) is 21.5. The van der Waals surface area contributed by atoms with E-state index in [9.17, 15) is 4.79 Å². The van der Waals surface area contributed by atoms with Crippen LogP contribution in [0.5, 0.6) is 0 Å². The Hall–Kier alpha value is -1.82. The molecule has 0 aliphatic carbocycles. The number of hydrogen-bond acceptors (Lipinski definition) is 4. The Balaban J connectivity index is 1.98. The van der Waals surface area contributed by atoms with E-state index in [-0.39, 0.29) is 18.0 Å². The summed E-state index contributed by atoms with van der Waals surface area (Å²) in [4.78, 5) is 12.5. The number of benzene rings is 1. The number of amides is 1. The van der Waals surface area contributed by atoms with Gasteiger partial charge in [0.05, 0.1) is 11.8 Å². The van der Waals surface area contributed by atoms with Gasteiger partial charge >= 0.3 is 0 Å². The standard InChI is InChI=1S/C21H32N4OS/c1-14(2)11-17-7-9-18(10-8-17)20(15(3)4)23-19(26)12-27-21-24-22-13-25(21)16(5)6/h7-10,13-16,20H,11-12H2,1-6H3,(H,23,26). The minimum atomic E-state index is 0.00849. The summed E-state index contributed by atoms with van der Waals surface area (Å²) in [6, 6.07) is 8.93. The van der Waals surface area contributed by atoms with E-state index in [1.165, 1.54) is 17.3 Å². The first-order valence-electron chi connectivity index (χ1n) is 9.68. The summed E-state index contributed by atoms with van der Waals surface area (Å²) in [5.74, 6) is 1.30. The predicted molar refractivity (Wildman–Crippen MR) is 112 cm³/mol. The molecule has 0 aliphatic heterocycles. The Labute approximate surface area is 167 Å². The van der Waals surface area contributed by atoms with Crippen LogP contribution in [0.4, 0.5) is 0 Å². The van der Waals surface area contributed by atoms with Crippen LogP contribution in [0.2, 0.25) is 0 Å². The summed E-state index contributed by atoms with van der Waals surface area (Å²) in [6.45, 7) is 12.9. The molecule has 0 saturated carbocycles. The van der Waals surface area contributed by atoms with Crippen molar-refractivity contribution in [3.8, 4) is 0 Å². The molecule has 0 saturated heterocycles. The maximum Gasteiger partial charge on any atom is 0.230 e. The molecule has 1 N–H and O–H groups in total. The SMILES string of the molecule is CC(C)Cc1ccc(C(NC(=O)CSc2nncn2C(C)C)C(C)C)cc1. The molecule has 5 nitrogen and oxygen atoms in total. The number of thioether (sulfide) groups is 1. The molecule has 148 valence electrons. The van der Waals surface area contributed by atoms with Gasteiger partial charge in [0.1, 0.15) is 6.33 Å². The normalized spacial score (nSPS) is 12.8. The predicted octanol–water partition coefficient (Wildman–Crippen LogP) is 4.66.